The van der Waals surface area contributed by atoms with E-state index < -0.39 is 0 Å². The lowest BCUT2D eigenvalue weighted by atomic mass is 9.89. The van der Waals surface area contributed by atoms with E-state index in [4.69, 9.17) is 5.11 Å². The topological polar surface area (TPSA) is 32.3 Å². The van der Waals surface area contributed by atoms with Gasteiger partial charge >= 0.3 is 0 Å². The zero-order valence-electron chi connectivity index (χ0n) is 9.62. The van der Waals surface area contributed by atoms with Gasteiger partial charge in [-0.15, -0.1) is 0 Å². The van der Waals surface area contributed by atoms with Crippen molar-refractivity contribution >= 4 is 11.3 Å². The molecule has 0 atom stereocenters. The summed E-state index contributed by atoms with van der Waals surface area (Å²) < 4.78 is 0. The molecule has 0 unspecified atom stereocenters. The van der Waals surface area contributed by atoms with E-state index in [-0.39, 0.29) is 12.0 Å². The second-order valence-corrected chi connectivity index (χ2v) is 5.51. The quantitative estimate of drug-likeness (QED) is 0.702. The van der Waals surface area contributed by atoms with Gasteiger partial charge in [0.25, 0.3) is 0 Å². The zero-order valence-corrected chi connectivity index (χ0v) is 10.4. The van der Waals surface area contributed by atoms with Gasteiger partial charge in [0.05, 0.1) is 0 Å². The average molecular weight is 227 g/mol. The summed E-state index contributed by atoms with van der Waals surface area (Å²) in [6.07, 6.45) is 2.19. The van der Waals surface area contributed by atoms with E-state index in [2.05, 4.69) is 36.0 Å². The van der Waals surface area contributed by atoms with Crippen LogP contribution in [0.4, 0.5) is 0 Å². The Kier molecular flexibility index (Phi) is 5.29. The fraction of sp³-hybridized carbons (Fsp3) is 0.667. The van der Waals surface area contributed by atoms with Crippen LogP contribution >= 0.6 is 11.3 Å². The highest BCUT2D eigenvalue weighted by atomic mass is 32.1. The number of nitrogens with one attached hydrogen (secondary N) is 1. The summed E-state index contributed by atoms with van der Waals surface area (Å²) in [4.78, 5) is 0. The minimum Gasteiger partial charge on any atom is -0.396 e. The molecular weight excluding hydrogens is 206 g/mol. The van der Waals surface area contributed by atoms with Crippen LogP contribution < -0.4 is 5.32 Å². The van der Waals surface area contributed by atoms with Crippen LogP contribution in [0.2, 0.25) is 0 Å². The van der Waals surface area contributed by atoms with Crippen LogP contribution in [0.25, 0.3) is 0 Å². The molecule has 0 aromatic carbocycles. The van der Waals surface area contributed by atoms with E-state index in [1.165, 1.54) is 5.56 Å². The Bertz CT molecular complexity index is 257. The van der Waals surface area contributed by atoms with E-state index in [0.29, 0.717) is 0 Å². The third kappa shape index (κ3) is 5.30. The monoisotopic (exact) mass is 227 g/mol. The molecule has 0 fully saturated rings. The Morgan fingerprint density at radius 3 is 2.87 bits per heavy atom. The van der Waals surface area contributed by atoms with Gasteiger partial charge in [0.2, 0.25) is 0 Å². The molecule has 0 radical (unpaired) electrons. The van der Waals surface area contributed by atoms with E-state index >= 15 is 0 Å². The third-order valence-electron chi connectivity index (χ3n) is 2.54. The van der Waals surface area contributed by atoms with Crippen LogP contribution in [0.5, 0.6) is 0 Å². The summed E-state index contributed by atoms with van der Waals surface area (Å²) in [6, 6.07) is 2.15. The first-order valence-corrected chi connectivity index (χ1v) is 6.41. The number of aliphatic hydroxyl groups is 1. The van der Waals surface area contributed by atoms with Crippen LogP contribution in [0.1, 0.15) is 32.3 Å². The first-order valence-electron chi connectivity index (χ1n) is 5.47. The van der Waals surface area contributed by atoms with Gasteiger partial charge in [-0.05, 0) is 47.2 Å². The minimum absolute atomic E-state index is 0.0735. The van der Waals surface area contributed by atoms with Crippen LogP contribution in [0.3, 0.4) is 0 Å². The fourth-order valence-corrected chi connectivity index (χ4v) is 2.07. The van der Waals surface area contributed by atoms with Crippen molar-refractivity contribution in [2.75, 3.05) is 13.2 Å². The number of hydrogen-bond acceptors (Lipinski definition) is 3. The van der Waals surface area contributed by atoms with Gasteiger partial charge in [0.1, 0.15) is 0 Å². The molecule has 0 spiro atoms. The van der Waals surface area contributed by atoms with E-state index in [1.54, 1.807) is 11.3 Å². The SMILES string of the molecule is CC(C)(CO)CCCNCc1ccsc1. The summed E-state index contributed by atoms with van der Waals surface area (Å²) in [5.41, 5.74) is 1.44. The average Bonchev–Trinajstić information content (AvgIpc) is 2.70. The van der Waals surface area contributed by atoms with Crippen molar-refractivity contribution in [3.8, 4) is 0 Å². The molecule has 0 amide bonds. The first-order chi connectivity index (χ1) is 7.14. The zero-order chi connectivity index (χ0) is 11.1. The molecule has 1 aromatic heterocycles. The van der Waals surface area contributed by atoms with Gasteiger partial charge in [0.15, 0.2) is 0 Å². The maximum atomic E-state index is 9.08. The number of aliphatic hydroxyl groups excluding tert-OH is 1. The van der Waals surface area contributed by atoms with Crippen LogP contribution in [-0.2, 0) is 6.54 Å². The highest BCUT2D eigenvalue weighted by Gasteiger charge is 2.14. The summed E-state index contributed by atoms with van der Waals surface area (Å²) in [5.74, 6) is 0. The van der Waals surface area contributed by atoms with Crippen molar-refractivity contribution in [3.05, 3.63) is 22.4 Å². The van der Waals surface area contributed by atoms with Gasteiger partial charge in [0, 0.05) is 13.2 Å². The molecule has 0 saturated carbocycles. The minimum atomic E-state index is 0.0735. The molecule has 1 aromatic rings. The van der Waals surface area contributed by atoms with Crippen molar-refractivity contribution in [3.63, 3.8) is 0 Å². The second kappa shape index (κ2) is 6.26. The van der Waals surface area contributed by atoms with Crippen molar-refractivity contribution in [2.24, 2.45) is 5.41 Å². The second-order valence-electron chi connectivity index (χ2n) is 4.73. The van der Waals surface area contributed by atoms with Gasteiger partial charge in [-0.25, -0.2) is 0 Å². The van der Waals surface area contributed by atoms with Gasteiger partial charge in [-0.1, -0.05) is 13.8 Å². The Morgan fingerprint density at radius 1 is 1.47 bits per heavy atom. The maximum absolute atomic E-state index is 9.08. The third-order valence-corrected chi connectivity index (χ3v) is 3.28. The molecule has 0 aliphatic heterocycles. The van der Waals surface area contributed by atoms with Gasteiger partial charge < -0.3 is 10.4 Å². The molecule has 3 heteroatoms. The summed E-state index contributed by atoms with van der Waals surface area (Å²) in [6.45, 7) is 6.47. The summed E-state index contributed by atoms with van der Waals surface area (Å²) in [7, 11) is 0. The molecule has 0 aliphatic rings. The maximum Gasteiger partial charge on any atom is 0.0482 e. The van der Waals surface area contributed by atoms with Crippen LogP contribution in [0, 0.1) is 5.41 Å². The first kappa shape index (κ1) is 12.7. The predicted octanol–water partition coefficient (Wildman–Crippen LogP) is 2.64. The Labute approximate surface area is 96.3 Å². The number of rotatable bonds is 7. The molecule has 2 N–H and O–H groups in total. The predicted molar refractivity (Wildman–Crippen MR) is 66.1 cm³/mol. The lowest BCUT2D eigenvalue weighted by Crippen LogP contribution is -2.20. The molecule has 0 saturated heterocycles. The van der Waals surface area contributed by atoms with E-state index in [0.717, 1.165) is 25.9 Å². The largest absolute Gasteiger partial charge is 0.396 e. The Balaban J connectivity index is 2.03. The molecule has 1 rings (SSSR count). The van der Waals surface area contributed by atoms with Gasteiger partial charge in [-0.2, -0.15) is 11.3 Å². The fourth-order valence-electron chi connectivity index (χ4n) is 1.40. The van der Waals surface area contributed by atoms with Crippen LogP contribution in [0.15, 0.2) is 16.8 Å². The molecular formula is C12H21NOS. The molecule has 0 aliphatic carbocycles. The molecule has 86 valence electrons. The normalized spacial score (nSPS) is 11.9. The lowest BCUT2D eigenvalue weighted by molar-refractivity contribution is 0.148. The summed E-state index contributed by atoms with van der Waals surface area (Å²) >= 11 is 1.74. The van der Waals surface area contributed by atoms with Crippen molar-refractivity contribution in [2.45, 2.75) is 33.2 Å². The van der Waals surface area contributed by atoms with Gasteiger partial charge in [-0.3, -0.25) is 0 Å². The van der Waals surface area contributed by atoms with Crippen molar-refractivity contribution in [1.82, 2.24) is 5.32 Å². The summed E-state index contributed by atoms with van der Waals surface area (Å²) in [5, 5.41) is 16.8. The van der Waals surface area contributed by atoms with Crippen LogP contribution in [-0.4, -0.2) is 18.3 Å². The highest BCUT2D eigenvalue weighted by Crippen LogP contribution is 2.20. The molecule has 15 heavy (non-hydrogen) atoms. The molecule has 1 heterocycles. The number of thiophene rings is 1. The number of hydrogen-bond donors (Lipinski definition) is 2. The molecule has 0 bridgehead atoms. The van der Waals surface area contributed by atoms with Crippen molar-refractivity contribution in [1.29, 1.82) is 0 Å². The highest BCUT2D eigenvalue weighted by molar-refractivity contribution is 7.07. The van der Waals surface area contributed by atoms with E-state index in [9.17, 15) is 0 Å². The Hall–Kier alpha value is -0.380. The lowest BCUT2D eigenvalue weighted by Gasteiger charge is -2.21. The Morgan fingerprint density at radius 2 is 2.27 bits per heavy atom. The standard InChI is InChI=1S/C12H21NOS/c1-12(2,10-14)5-3-6-13-8-11-4-7-15-9-11/h4,7,9,13-14H,3,5-6,8,10H2,1-2H3. The van der Waals surface area contributed by atoms with E-state index in [1.807, 2.05) is 0 Å². The van der Waals surface area contributed by atoms with Crippen molar-refractivity contribution < 1.29 is 5.11 Å². The molecule has 2 nitrogen and oxygen atoms in total. The smallest absolute Gasteiger partial charge is 0.0482 e.